The van der Waals surface area contributed by atoms with Crippen LogP contribution in [0.25, 0.3) is 0 Å². The predicted octanol–water partition coefficient (Wildman–Crippen LogP) is 4.09. The molecule has 2 heterocycles. The Labute approximate surface area is 159 Å². The highest BCUT2D eigenvalue weighted by Crippen LogP contribution is 2.27. The van der Waals surface area contributed by atoms with E-state index in [9.17, 15) is 8.42 Å². The van der Waals surface area contributed by atoms with Gasteiger partial charge in [0.2, 0.25) is 0 Å². The second-order valence-electron chi connectivity index (χ2n) is 6.67. The maximum atomic E-state index is 12.6. The molecule has 0 atom stereocenters. The molecule has 0 radical (unpaired) electrons. The number of rotatable bonds is 6. The Morgan fingerprint density at radius 2 is 1.81 bits per heavy atom. The highest BCUT2D eigenvalue weighted by molar-refractivity contribution is 7.92. The minimum absolute atomic E-state index is 0.150. The third-order valence-electron chi connectivity index (χ3n) is 4.19. The number of para-hydroxylation sites is 1. The van der Waals surface area contributed by atoms with E-state index in [1.807, 2.05) is 18.2 Å². The van der Waals surface area contributed by atoms with E-state index in [4.69, 9.17) is 0 Å². The van der Waals surface area contributed by atoms with Gasteiger partial charge in [-0.05, 0) is 43.5 Å². The fourth-order valence-corrected chi connectivity index (χ4v) is 4.30. The topological polar surface area (TPSA) is 99.8 Å². The zero-order chi connectivity index (χ0) is 19.6. The average molecular weight is 385 g/mol. The van der Waals surface area contributed by atoms with Crippen molar-refractivity contribution in [3.63, 3.8) is 0 Å². The molecule has 0 amide bonds. The lowest BCUT2D eigenvalue weighted by atomic mass is 10.0. The Morgan fingerprint density at radius 3 is 2.41 bits per heavy atom. The second kappa shape index (κ2) is 7.40. The van der Waals surface area contributed by atoms with E-state index in [1.165, 1.54) is 5.56 Å². The number of pyridine rings is 1. The van der Waals surface area contributed by atoms with Gasteiger partial charge < -0.3 is 5.32 Å². The zero-order valence-corrected chi connectivity index (χ0v) is 16.6. The summed E-state index contributed by atoms with van der Waals surface area (Å²) in [6.45, 7) is 7.58. The monoisotopic (exact) mass is 385 g/mol. The van der Waals surface area contributed by atoms with Crippen molar-refractivity contribution in [2.75, 3.05) is 10.0 Å². The molecular weight excluding hydrogens is 362 g/mol. The van der Waals surface area contributed by atoms with Gasteiger partial charge in [-0.25, -0.2) is 13.4 Å². The first kappa shape index (κ1) is 18.9. The van der Waals surface area contributed by atoms with Gasteiger partial charge in [-0.1, -0.05) is 32.0 Å². The van der Waals surface area contributed by atoms with Crippen molar-refractivity contribution in [3.05, 3.63) is 59.5 Å². The second-order valence-corrected chi connectivity index (χ2v) is 8.29. The minimum Gasteiger partial charge on any atom is -0.354 e. The molecule has 0 saturated heterocycles. The number of aromatic nitrogens is 3. The van der Waals surface area contributed by atoms with Crippen molar-refractivity contribution in [3.8, 4) is 0 Å². The first-order chi connectivity index (χ1) is 12.8. The normalized spacial score (nSPS) is 11.6. The summed E-state index contributed by atoms with van der Waals surface area (Å²) in [7, 11) is -3.75. The summed E-state index contributed by atoms with van der Waals surface area (Å²) in [5.74, 6) is 0.631. The number of aryl methyl sites for hydroxylation is 2. The first-order valence-electron chi connectivity index (χ1n) is 8.64. The lowest BCUT2D eigenvalue weighted by Gasteiger charge is -2.14. The largest absolute Gasteiger partial charge is 0.354 e. The summed E-state index contributed by atoms with van der Waals surface area (Å²) in [6.07, 6.45) is 1.60. The summed E-state index contributed by atoms with van der Waals surface area (Å²) >= 11 is 0. The fourth-order valence-electron chi connectivity index (χ4n) is 2.92. The van der Waals surface area contributed by atoms with E-state index in [-0.39, 0.29) is 10.7 Å². The van der Waals surface area contributed by atoms with Crippen molar-refractivity contribution >= 4 is 27.2 Å². The number of anilines is 3. The van der Waals surface area contributed by atoms with Crippen molar-refractivity contribution in [1.82, 2.24) is 15.2 Å². The molecule has 0 aliphatic carbocycles. The molecule has 3 rings (SSSR count). The van der Waals surface area contributed by atoms with Crippen LogP contribution in [-0.4, -0.2) is 23.6 Å². The zero-order valence-electron chi connectivity index (χ0n) is 15.7. The highest BCUT2D eigenvalue weighted by Gasteiger charge is 2.22. The molecule has 0 fully saturated rings. The fraction of sp³-hybridized carbons (Fsp3) is 0.263. The lowest BCUT2D eigenvalue weighted by Crippen LogP contribution is -2.15. The van der Waals surface area contributed by atoms with Crippen LogP contribution in [0.15, 0.2) is 47.5 Å². The summed E-state index contributed by atoms with van der Waals surface area (Å²) in [5, 5.41) is 9.95. The number of nitrogens with one attached hydrogen (secondary N) is 3. The van der Waals surface area contributed by atoms with E-state index in [2.05, 4.69) is 45.1 Å². The number of benzene rings is 1. The number of sulfonamides is 1. The summed E-state index contributed by atoms with van der Waals surface area (Å²) in [6, 6.07) is 11.5. The molecule has 7 nitrogen and oxygen atoms in total. The number of hydrogen-bond donors (Lipinski definition) is 3. The van der Waals surface area contributed by atoms with Crippen LogP contribution < -0.4 is 10.0 Å². The van der Waals surface area contributed by atoms with Gasteiger partial charge in [-0.2, -0.15) is 5.10 Å². The molecule has 3 aromatic rings. The Hall–Kier alpha value is -2.87. The van der Waals surface area contributed by atoms with Crippen LogP contribution in [0.2, 0.25) is 0 Å². The quantitative estimate of drug-likeness (QED) is 0.593. The molecule has 0 aliphatic rings. The van der Waals surface area contributed by atoms with Gasteiger partial charge >= 0.3 is 0 Å². The van der Waals surface area contributed by atoms with Gasteiger partial charge in [0, 0.05) is 5.69 Å². The van der Waals surface area contributed by atoms with Crippen molar-refractivity contribution in [1.29, 1.82) is 0 Å². The van der Waals surface area contributed by atoms with Gasteiger partial charge in [0.05, 0.1) is 23.3 Å². The smallest absolute Gasteiger partial charge is 0.266 e. The molecule has 2 aromatic heterocycles. The van der Waals surface area contributed by atoms with E-state index >= 15 is 0 Å². The number of nitrogens with zero attached hydrogens (tertiary/aromatic N) is 2. The SMILES string of the molecule is Cc1n[nH]c(C)c1S(=O)(=O)Nc1ccc(Nc2ccccc2C(C)C)cn1. The lowest BCUT2D eigenvalue weighted by molar-refractivity contribution is 0.600. The molecule has 0 unspecified atom stereocenters. The van der Waals surface area contributed by atoms with E-state index in [0.717, 1.165) is 11.4 Å². The predicted molar refractivity (Wildman–Crippen MR) is 107 cm³/mol. The first-order valence-corrected chi connectivity index (χ1v) is 10.1. The Balaban J connectivity index is 1.79. The number of aromatic amines is 1. The summed E-state index contributed by atoms with van der Waals surface area (Å²) in [5.41, 5.74) is 3.90. The standard InChI is InChI=1S/C19H23N5O2S/c1-12(2)16-7-5-6-8-17(16)21-15-9-10-18(20-11-15)24-27(25,26)19-13(3)22-23-14(19)4/h5-12,21H,1-4H3,(H,20,24)(H,22,23). The van der Waals surface area contributed by atoms with Gasteiger partial charge in [0.25, 0.3) is 10.0 Å². The highest BCUT2D eigenvalue weighted by atomic mass is 32.2. The van der Waals surface area contributed by atoms with Crippen LogP contribution in [0, 0.1) is 13.8 Å². The van der Waals surface area contributed by atoms with E-state index < -0.39 is 10.0 Å². The van der Waals surface area contributed by atoms with Crippen LogP contribution in [-0.2, 0) is 10.0 Å². The van der Waals surface area contributed by atoms with Crippen molar-refractivity contribution in [2.24, 2.45) is 0 Å². The Bertz CT molecular complexity index is 1020. The molecule has 8 heteroatoms. The van der Waals surface area contributed by atoms with Crippen molar-refractivity contribution < 1.29 is 8.42 Å². The molecule has 0 saturated carbocycles. The minimum atomic E-state index is -3.75. The molecule has 1 aromatic carbocycles. The molecule has 3 N–H and O–H groups in total. The third kappa shape index (κ3) is 4.11. The van der Waals surface area contributed by atoms with Gasteiger partial charge in [-0.15, -0.1) is 0 Å². The van der Waals surface area contributed by atoms with E-state index in [1.54, 1.807) is 32.2 Å². The summed E-state index contributed by atoms with van der Waals surface area (Å²) in [4.78, 5) is 4.37. The molecule has 0 bridgehead atoms. The van der Waals surface area contributed by atoms with Crippen LogP contribution in [0.5, 0.6) is 0 Å². The van der Waals surface area contributed by atoms with Gasteiger partial charge in [0.1, 0.15) is 10.7 Å². The Morgan fingerprint density at radius 1 is 1.07 bits per heavy atom. The van der Waals surface area contributed by atoms with Crippen LogP contribution >= 0.6 is 0 Å². The maximum absolute atomic E-state index is 12.6. The van der Waals surface area contributed by atoms with E-state index in [0.29, 0.717) is 17.3 Å². The van der Waals surface area contributed by atoms with Crippen LogP contribution in [0.4, 0.5) is 17.2 Å². The Kier molecular flexibility index (Phi) is 5.18. The molecule has 0 aliphatic heterocycles. The number of hydrogen-bond acceptors (Lipinski definition) is 5. The van der Waals surface area contributed by atoms with Gasteiger partial charge in [-0.3, -0.25) is 9.82 Å². The summed E-state index contributed by atoms with van der Waals surface area (Å²) < 4.78 is 27.6. The van der Waals surface area contributed by atoms with Crippen LogP contribution in [0.1, 0.15) is 36.7 Å². The average Bonchev–Trinajstić information content (AvgIpc) is 2.96. The molecule has 27 heavy (non-hydrogen) atoms. The maximum Gasteiger partial charge on any atom is 0.266 e. The van der Waals surface area contributed by atoms with Crippen LogP contribution in [0.3, 0.4) is 0 Å². The third-order valence-corrected chi connectivity index (χ3v) is 5.81. The van der Waals surface area contributed by atoms with Gasteiger partial charge in [0.15, 0.2) is 0 Å². The number of H-pyrrole nitrogens is 1. The van der Waals surface area contributed by atoms with Crippen molar-refractivity contribution in [2.45, 2.75) is 38.5 Å². The molecular formula is C19H23N5O2S. The molecule has 142 valence electrons. The molecule has 0 spiro atoms.